The largest absolute Gasteiger partial charge is 0.314 e. The number of piperidine rings is 1. The molecule has 1 saturated carbocycles. The number of hydrogen-bond acceptors (Lipinski definition) is 2. The molecule has 1 N–H and O–H groups in total. The van der Waals surface area contributed by atoms with Crippen molar-refractivity contribution < 1.29 is 0 Å². The van der Waals surface area contributed by atoms with Crippen molar-refractivity contribution in [2.24, 2.45) is 5.92 Å². The summed E-state index contributed by atoms with van der Waals surface area (Å²) in [5, 5.41) is 3.76. The normalized spacial score (nSPS) is 43.3. The lowest BCUT2D eigenvalue weighted by molar-refractivity contribution is 0.102. The second-order valence-corrected chi connectivity index (χ2v) is 6.81. The van der Waals surface area contributed by atoms with E-state index in [1.165, 1.54) is 57.9 Å². The number of nitrogens with one attached hydrogen (secondary N) is 1. The zero-order valence-corrected chi connectivity index (χ0v) is 12.2. The molecule has 0 aromatic heterocycles. The summed E-state index contributed by atoms with van der Waals surface area (Å²) in [6, 6.07) is 3.64. The first kappa shape index (κ1) is 12.9. The molecular weight excluding hydrogens is 220 g/mol. The van der Waals surface area contributed by atoms with E-state index in [2.05, 4.69) is 24.1 Å². The Labute approximate surface area is 113 Å². The number of fused-ring (bicyclic) bond motifs is 2. The second-order valence-electron chi connectivity index (χ2n) is 6.81. The molecule has 0 spiro atoms. The van der Waals surface area contributed by atoms with Crippen LogP contribution in [-0.2, 0) is 0 Å². The maximum absolute atomic E-state index is 3.76. The van der Waals surface area contributed by atoms with Crippen molar-refractivity contribution in [3.05, 3.63) is 0 Å². The van der Waals surface area contributed by atoms with Gasteiger partial charge in [-0.05, 0) is 57.4 Å². The Morgan fingerprint density at radius 2 is 1.72 bits per heavy atom. The summed E-state index contributed by atoms with van der Waals surface area (Å²) < 4.78 is 0. The van der Waals surface area contributed by atoms with E-state index >= 15 is 0 Å². The highest BCUT2D eigenvalue weighted by Crippen LogP contribution is 2.48. The van der Waals surface area contributed by atoms with Crippen LogP contribution in [0.2, 0.25) is 0 Å². The number of rotatable bonds is 6. The lowest BCUT2D eigenvalue weighted by Crippen LogP contribution is -2.50. The van der Waals surface area contributed by atoms with Crippen LogP contribution in [0.25, 0.3) is 0 Å². The topological polar surface area (TPSA) is 15.3 Å². The molecule has 3 aliphatic rings. The van der Waals surface area contributed by atoms with Crippen LogP contribution in [0.15, 0.2) is 0 Å². The Morgan fingerprint density at radius 3 is 2.33 bits per heavy atom. The van der Waals surface area contributed by atoms with E-state index in [-0.39, 0.29) is 0 Å². The van der Waals surface area contributed by atoms with Gasteiger partial charge in [-0.15, -0.1) is 0 Å². The Hall–Kier alpha value is -0.0800. The predicted octanol–water partition coefficient (Wildman–Crippen LogP) is 3.17. The third-order valence-corrected chi connectivity index (χ3v) is 5.40. The van der Waals surface area contributed by atoms with Gasteiger partial charge in [0.2, 0.25) is 0 Å². The standard InChI is InChI=1S/C16H30N2/c1-3-5-12-9-16(12)18-14-6-7-15(18)11-13(10-14)17-8-4-2/h12-17H,3-11H2,1-2H3. The fraction of sp³-hybridized carbons (Fsp3) is 1.00. The summed E-state index contributed by atoms with van der Waals surface area (Å²) in [5.41, 5.74) is 0. The van der Waals surface area contributed by atoms with Crippen molar-refractivity contribution in [3.8, 4) is 0 Å². The quantitative estimate of drug-likeness (QED) is 0.779. The van der Waals surface area contributed by atoms with Crippen molar-refractivity contribution >= 4 is 0 Å². The Balaban J connectivity index is 1.54. The first-order valence-corrected chi connectivity index (χ1v) is 8.34. The summed E-state index contributed by atoms with van der Waals surface area (Å²) in [4.78, 5) is 2.95. The predicted molar refractivity (Wildman–Crippen MR) is 76.8 cm³/mol. The van der Waals surface area contributed by atoms with E-state index in [0.29, 0.717) is 0 Å². The zero-order valence-electron chi connectivity index (χ0n) is 12.2. The van der Waals surface area contributed by atoms with Gasteiger partial charge in [0.1, 0.15) is 0 Å². The van der Waals surface area contributed by atoms with Crippen LogP contribution in [0.1, 0.15) is 65.2 Å². The highest BCUT2D eigenvalue weighted by Gasteiger charge is 2.51. The van der Waals surface area contributed by atoms with Gasteiger partial charge in [0.15, 0.2) is 0 Å². The molecule has 4 atom stereocenters. The monoisotopic (exact) mass is 250 g/mol. The molecule has 2 heteroatoms. The molecule has 3 fully saturated rings. The summed E-state index contributed by atoms with van der Waals surface area (Å²) in [7, 11) is 0. The molecule has 4 unspecified atom stereocenters. The Kier molecular flexibility index (Phi) is 3.95. The zero-order chi connectivity index (χ0) is 12.5. The molecule has 1 aliphatic carbocycles. The Morgan fingerprint density at radius 1 is 1.00 bits per heavy atom. The summed E-state index contributed by atoms with van der Waals surface area (Å²) in [6.45, 7) is 5.83. The molecule has 2 heterocycles. The van der Waals surface area contributed by atoms with E-state index in [9.17, 15) is 0 Å². The molecule has 18 heavy (non-hydrogen) atoms. The minimum absolute atomic E-state index is 0.821. The fourth-order valence-electron chi connectivity index (χ4n) is 4.55. The average molecular weight is 250 g/mol. The van der Waals surface area contributed by atoms with Gasteiger partial charge >= 0.3 is 0 Å². The maximum atomic E-state index is 3.76. The first-order valence-electron chi connectivity index (χ1n) is 8.34. The molecule has 2 saturated heterocycles. The van der Waals surface area contributed by atoms with E-state index in [1.807, 2.05) is 0 Å². The number of hydrogen-bond donors (Lipinski definition) is 1. The minimum atomic E-state index is 0.821. The minimum Gasteiger partial charge on any atom is -0.314 e. The van der Waals surface area contributed by atoms with Crippen LogP contribution < -0.4 is 5.32 Å². The molecule has 2 bridgehead atoms. The van der Waals surface area contributed by atoms with Gasteiger partial charge in [0.05, 0.1) is 0 Å². The van der Waals surface area contributed by atoms with Gasteiger partial charge < -0.3 is 5.32 Å². The van der Waals surface area contributed by atoms with Crippen LogP contribution in [0.4, 0.5) is 0 Å². The van der Waals surface area contributed by atoms with Crippen LogP contribution in [0, 0.1) is 5.92 Å². The molecule has 0 radical (unpaired) electrons. The van der Waals surface area contributed by atoms with Gasteiger partial charge in [-0.2, -0.15) is 0 Å². The molecule has 2 nitrogen and oxygen atoms in total. The van der Waals surface area contributed by atoms with Crippen LogP contribution in [-0.4, -0.2) is 35.6 Å². The summed E-state index contributed by atoms with van der Waals surface area (Å²) in [5.74, 6) is 1.05. The lowest BCUT2D eigenvalue weighted by atomic mass is 9.96. The van der Waals surface area contributed by atoms with E-state index in [1.54, 1.807) is 0 Å². The molecule has 0 amide bonds. The lowest BCUT2D eigenvalue weighted by Gasteiger charge is -2.40. The highest BCUT2D eigenvalue weighted by molar-refractivity contribution is 5.06. The first-order chi connectivity index (χ1) is 8.83. The van der Waals surface area contributed by atoms with Crippen molar-refractivity contribution in [2.45, 2.75) is 89.4 Å². The van der Waals surface area contributed by atoms with Crippen molar-refractivity contribution in [2.75, 3.05) is 6.54 Å². The summed E-state index contributed by atoms with van der Waals surface area (Å²) >= 11 is 0. The van der Waals surface area contributed by atoms with Gasteiger partial charge in [-0.3, -0.25) is 4.90 Å². The van der Waals surface area contributed by atoms with E-state index in [4.69, 9.17) is 0 Å². The van der Waals surface area contributed by atoms with Gasteiger partial charge in [0.25, 0.3) is 0 Å². The average Bonchev–Trinajstić information content (AvgIpc) is 3.08. The maximum Gasteiger partial charge on any atom is 0.0133 e. The molecule has 104 valence electrons. The molecule has 2 aliphatic heterocycles. The van der Waals surface area contributed by atoms with Crippen molar-refractivity contribution in [1.82, 2.24) is 10.2 Å². The van der Waals surface area contributed by atoms with Crippen molar-refractivity contribution in [1.29, 1.82) is 0 Å². The fourth-order valence-corrected chi connectivity index (χ4v) is 4.55. The number of nitrogens with zero attached hydrogens (tertiary/aromatic N) is 1. The van der Waals surface area contributed by atoms with Crippen LogP contribution in [0.3, 0.4) is 0 Å². The molecule has 3 rings (SSSR count). The smallest absolute Gasteiger partial charge is 0.0133 e. The molecule has 0 aromatic rings. The van der Waals surface area contributed by atoms with E-state index < -0.39 is 0 Å². The van der Waals surface area contributed by atoms with Gasteiger partial charge in [-0.25, -0.2) is 0 Å². The Bertz CT molecular complexity index is 264. The molecular formula is C16H30N2. The van der Waals surface area contributed by atoms with E-state index in [0.717, 1.165) is 30.1 Å². The highest BCUT2D eigenvalue weighted by atomic mass is 15.3. The van der Waals surface area contributed by atoms with Crippen LogP contribution in [0.5, 0.6) is 0 Å². The third-order valence-electron chi connectivity index (χ3n) is 5.40. The van der Waals surface area contributed by atoms with Crippen LogP contribution >= 0.6 is 0 Å². The summed E-state index contributed by atoms with van der Waals surface area (Å²) in [6.07, 6.45) is 11.4. The third kappa shape index (κ3) is 2.46. The van der Waals surface area contributed by atoms with Crippen molar-refractivity contribution in [3.63, 3.8) is 0 Å². The van der Waals surface area contributed by atoms with Gasteiger partial charge in [0, 0.05) is 24.2 Å². The molecule has 0 aromatic carbocycles. The second kappa shape index (κ2) is 5.50. The van der Waals surface area contributed by atoms with Gasteiger partial charge in [-0.1, -0.05) is 20.3 Å². The SMILES string of the molecule is CCCNC1CC2CCC(C1)N2C1CC1CCC.